The molecule has 3 aromatic carbocycles. The Labute approximate surface area is 162 Å². The van der Waals surface area contributed by atoms with Crippen molar-refractivity contribution in [1.29, 1.82) is 0 Å². The summed E-state index contributed by atoms with van der Waals surface area (Å²) in [5.74, 6) is -0.129. The number of benzene rings is 3. The van der Waals surface area contributed by atoms with Gasteiger partial charge in [0.2, 0.25) is 0 Å². The van der Waals surface area contributed by atoms with E-state index in [0.29, 0.717) is 26.7 Å². The van der Waals surface area contributed by atoms with E-state index in [4.69, 9.17) is 23.2 Å². The number of carbonyl (C=O) groups excluding carboxylic acids is 2. The fourth-order valence-corrected chi connectivity index (χ4v) is 3.19. The van der Waals surface area contributed by atoms with Crippen LogP contribution < -0.4 is 0 Å². The maximum Gasteiger partial charge on any atom is 0.193 e. The van der Waals surface area contributed by atoms with Crippen molar-refractivity contribution < 1.29 is 9.59 Å². The van der Waals surface area contributed by atoms with E-state index in [1.54, 1.807) is 42.5 Å². The van der Waals surface area contributed by atoms with E-state index in [-0.39, 0.29) is 24.4 Å². The lowest BCUT2D eigenvalue weighted by Crippen LogP contribution is -2.12. The maximum absolute atomic E-state index is 12.8. The number of rotatable bonds is 6. The first-order valence-corrected chi connectivity index (χ1v) is 8.93. The zero-order valence-electron chi connectivity index (χ0n) is 13.9. The van der Waals surface area contributed by atoms with Gasteiger partial charge in [0, 0.05) is 34.0 Å². The number of hydrogen-bond donors (Lipinski definition) is 0. The molecule has 4 heteroatoms. The number of hydrogen-bond acceptors (Lipinski definition) is 2. The summed E-state index contributed by atoms with van der Waals surface area (Å²) >= 11 is 12.1. The number of halogens is 2. The Morgan fingerprint density at radius 2 is 1.46 bits per heavy atom. The van der Waals surface area contributed by atoms with E-state index < -0.39 is 0 Å². The van der Waals surface area contributed by atoms with Gasteiger partial charge in [-0.3, -0.25) is 9.59 Å². The molecule has 2 nitrogen and oxygen atoms in total. The van der Waals surface area contributed by atoms with Crippen molar-refractivity contribution in [3.63, 3.8) is 0 Å². The highest BCUT2D eigenvalue weighted by molar-refractivity contribution is 6.31. The van der Waals surface area contributed by atoms with Gasteiger partial charge in [-0.2, -0.15) is 0 Å². The Morgan fingerprint density at radius 3 is 2.19 bits per heavy atom. The van der Waals surface area contributed by atoms with Crippen LogP contribution in [0.3, 0.4) is 0 Å². The summed E-state index contributed by atoms with van der Waals surface area (Å²) in [7, 11) is 0. The van der Waals surface area contributed by atoms with Gasteiger partial charge in [-0.15, -0.1) is 0 Å². The van der Waals surface area contributed by atoms with Crippen molar-refractivity contribution in [3.05, 3.63) is 105 Å². The molecule has 130 valence electrons. The zero-order valence-corrected chi connectivity index (χ0v) is 15.4. The average Bonchev–Trinajstić information content (AvgIpc) is 2.63. The zero-order chi connectivity index (χ0) is 18.5. The Balaban J connectivity index is 1.84. The van der Waals surface area contributed by atoms with Crippen LogP contribution in [0.15, 0.2) is 72.8 Å². The smallest absolute Gasteiger partial charge is 0.193 e. The van der Waals surface area contributed by atoms with Gasteiger partial charge in [0.05, 0.1) is 0 Å². The molecule has 0 N–H and O–H groups in total. The molecule has 0 bridgehead atoms. The van der Waals surface area contributed by atoms with Gasteiger partial charge in [0.25, 0.3) is 0 Å². The quantitative estimate of drug-likeness (QED) is 0.521. The molecule has 0 saturated carbocycles. The molecule has 0 fully saturated rings. The largest absolute Gasteiger partial charge is 0.299 e. The van der Waals surface area contributed by atoms with Crippen LogP contribution in [0.4, 0.5) is 0 Å². The second kappa shape index (κ2) is 8.31. The molecule has 0 aliphatic carbocycles. The van der Waals surface area contributed by atoms with Crippen LogP contribution in [-0.2, 0) is 17.6 Å². The van der Waals surface area contributed by atoms with E-state index >= 15 is 0 Å². The molecule has 0 heterocycles. The third kappa shape index (κ3) is 4.60. The van der Waals surface area contributed by atoms with Crippen molar-refractivity contribution in [2.24, 2.45) is 0 Å². The third-order valence-electron chi connectivity index (χ3n) is 4.03. The summed E-state index contributed by atoms with van der Waals surface area (Å²) < 4.78 is 0. The average molecular weight is 383 g/mol. The molecule has 0 spiro atoms. The van der Waals surface area contributed by atoms with Gasteiger partial charge in [-0.1, -0.05) is 71.7 Å². The third-order valence-corrected chi connectivity index (χ3v) is 4.50. The molecule has 0 atom stereocenters. The maximum atomic E-state index is 12.8. The van der Waals surface area contributed by atoms with Crippen LogP contribution in [-0.4, -0.2) is 11.6 Å². The molecule has 0 saturated heterocycles. The van der Waals surface area contributed by atoms with Gasteiger partial charge < -0.3 is 0 Å². The lowest BCUT2D eigenvalue weighted by atomic mass is 9.94. The molecule has 0 unspecified atom stereocenters. The topological polar surface area (TPSA) is 34.1 Å². The Hall–Kier alpha value is -2.42. The monoisotopic (exact) mass is 382 g/mol. The molecular formula is C22H16Cl2O2. The number of ketones is 2. The first kappa shape index (κ1) is 18.4. The van der Waals surface area contributed by atoms with E-state index in [1.165, 1.54) is 0 Å². The summed E-state index contributed by atoms with van der Waals surface area (Å²) in [4.78, 5) is 25.3. The van der Waals surface area contributed by atoms with Gasteiger partial charge in [0.1, 0.15) is 5.78 Å². The standard InChI is InChI=1S/C22H16Cl2O2/c23-18-8-4-5-15(11-18)12-20(25)13-17-9-10-19(24)14-21(17)22(26)16-6-2-1-3-7-16/h1-11,14H,12-13H2. The van der Waals surface area contributed by atoms with Crippen LogP contribution in [0, 0.1) is 0 Å². The van der Waals surface area contributed by atoms with Gasteiger partial charge in [0.15, 0.2) is 5.78 Å². The van der Waals surface area contributed by atoms with Gasteiger partial charge >= 0.3 is 0 Å². The second-order valence-electron chi connectivity index (χ2n) is 6.02. The molecule has 0 aliphatic heterocycles. The number of carbonyl (C=O) groups is 2. The van der Waals surface area contributed by atoms with Crippen molar-refractivity contribution in [2.45, 2.75) is 12.8 Å². The van der Waals surface area contributed by atoms with Crippen molar-refractivity contribution in [1.82, 2.24) is 0 Å². The molecule has 0 radical (unpaired) electrons. The number of Topliss-reactive ketones (excluding diaryl/α,β-unsaturated/α-hetero) is 1. The molecule has 0 aromatic heterocycles. The Morgan fingerprint density at radius 1 is 0.731 bits per heavy atom. The highest BCUT2D eigenvalue weighted by Gasteiger charge is 2.16. The summed E-state index contributed by atoms with van der Waals surface area (Å²) in [6.45, 7) is 0. The Bertz CT molecular complexity index is 949. The van der Waals surface area contributed by atoms with E-state index in [9.17, 15) is 9.59 Å². The minimum atomic E-state index is -0.140. The predicted octanol–water partition coefficient (Wildman–Crippen LogP) is 5.58. The Kier molecular flexibility index (Phi) is 5.87. The van der Waals surface area contributed by atoms with Gasteiger partial charge in [-0.25, -0.2) is 0 Å². The van der Waals surface area contributed by atoms with E-state index in [1.807, 2.05) is 30.3 Å². The minimum Gasteiger partial charge on any atom is -0.299 e. The van der Waals surface area contributed by atoms with E-state index in [0.717, 1.165) is 5.56 Å². The molecule has 3 rings (SSSR count). The lowest BCUT2D eigenvalue weighted by molar-refractivity contribution is -0.117. The molecule has 0 aliphatic rings. The highest BCUT2D eigenvalue weighted by atomic mass is 35.5. The fourth-order valence-electron chi connectivity index (χ4n) is 2.81. The van der Waals surface area contributed by atoms with Crippen LogP contribution in [0.5, 0.6) is 0 Å². The van der Waals surface area contributed by atoms with Crippen LogP contribution in [0.25, 0.3) is 0 Å². The lowest BCUT2D eigenvalue weighted by Gasteiger charge is -2.10. The van der Waals surface area contributed by atoms with Crippen LogP contribution in [0.1, 0.15) is 27.0 Å². The fraction of sp³-hybridized carbons (Fsp3) is 0.0909. The first-order valence-electron chi connectivity index (χ1n) is 8.17. The summed E-state index contributed by atoms with van der Waals surface area (Å²) in [6.07, 6.45) is 0.430. The summed E-state index contributed by atoms with van der Waals surface area (Å²) in [5, 5.41) is 1.07. The first-order chi connectivity index (χ1) is 12.5. The van der Waals surface area contributed by atoms with Crippen LogP contribution in [0.2, 0.25) is 10.0 Å². The van der Waals surface area contributed by atoms with Crippen molar-refractivity contribution in [3.8, 4) is 0 Å². The van der Waals surface area contributed by atoms with Crippen LogP contribution >= 0.6 is 23.2 Å². The molecular weight excluding hydrogens is 367 g/mol. The highest BCUT2D eigenvalue weighted by Crippen LogP contribution is 2.21. The molecule has 26 heavy (non-hydrogen) atoms. The minimum absolute atomic E-state index is 0.0108. The van der Waals surface area contributed by atoms with Crippen molar-refractivity contribution >= 4 is 34.8 Å². The van der Waals surface area contributed by atoms with Crippen molar-refractivity contribution in [2.75, 3.05) is 0 Å². The molecule has 0 amide bonds. The SMILES string of the molecule is O=C(Cc1cccc(Cl)c1)Cc1ccc(Cl)cc1C(=O)c1ccccc1. The molecule has 3 aromatic rings. The van der Waals surface area contributed by atoms with E-state index in [2.05, 4.69) is 0 Å². The normalized spacial score (nSPS) is 10.5. The van der Waals surface area contributed by atoms with Gasteiger partial charge in [-0.05, 0) is 35.4 Å². The summed E-state index contributed by atoms with van der Waals surface area (Å²) in [6, 6.07) is 21.3. The summed E-state index contributed by atoms with van der Waals surface area (Å²) in [5.41, 5.74) is 2.56. The second-order valence-corrected chi connectivity index (χ2v) is 6.89. The predicted molar refractivity (Wildman–Crippen MR) is 105 cm³/mol.